The van der Waals surface area contributed by atoms with Gasteiger partial charge >= 0.3 is 5.97 Å². The first-order chi connectivity index (χ1) is 7.72. The third kappa shape index (κ3) is 2.42. The normalized spacial score (nSPS) is 15.2. The topological polar surface area (TPSA) is 29.5 Å². The minimum Gasteiger partial charge on any atom is -0.465 e. The van der Waals surface area contributed by atoms with Gasteiger partial charge in [-0.1, -0.05) is 18.2 Å². The van der Waals surface area contributed by atoms with Crippen LogP contribution in [-0.4, -0.2) is 31.1 Å². The van der Waals surface area contributed by atoms with E-state index in [0.29, 0.717) is 11.6 Å². The molecule has 86 valence electrons. The van der Waals surface area contributed by atoms with E-state index < -0.39 is 0 Å². The lowest BCUT2D eigenvalue weighted by Crippen LogP contribution is -2.21. The minimum atomic E-state index is -0.250. The van der Waals surface area contributed by atoms with Gasteiger partial charge in [-0.25, -0.2) is 4.79 Å². The maximum Gasteiger partial charge on any atom is 0.338 e. The van der Waals surface area contributed by atoms with Gasteiger partial charge in [0.15, 0.2) is 0 Å². The summed E-state index contributed by atoms with van der Waals surface area (Å²) in [5, 5.41) is 0. The van der Waals surface area contributed by atoms with E-state index in [0.717, 1.165) is 12.1 Å². The molecule has 3 heteroatoms. The van der Waals surface area contributed by atoms with Crippen LogP contribution in [0.1, 0.15) is 28.8 Å². The molecule has 0 aliphatic heterocycles. The predicted octanol–water partition coefficient (Wildman–Crippen LogP) is 2.07. The maximum atomic E-state index is 11.6. The van der Waals surface area contributed by atoms with Crippen molar-refractivity contribution >= 4 is 5.97 Å². The van der Waals surface area contributed by atoms with Crippen molar-refractivity contribution in [3.05, 3.63) is 35.4 Å². The molecule has 0 atom stereocenters. The van der Waals surface area contributed by atoms with E-state index in [9.17, 15) is 4.79 Å². The molecule has 0 saturated heterocycles. The van der Waals surface area contributed by atoms with Crippen LogP contribution in [0.5, 0.6) is 0 Å². The van der Waals surface area contributed by atoms with E-state index >= 15 is 0 Å². The van der Waals surface area contributed by atoms with Crippen molar-refractivity contribution in [1.29, 1.82) is 0 Å². The molecule has 16 heavy (non-hydrogen) atoms. The highest BCUT2D eigenvalue weighted by Crippen LogP contribution is 2.27. The van der Waals surface area contributed by atoms with E-state index in [4.69, 9.17) is 4.74 Å². The second-order valence-corrected chi connectivity index (χ2v) is 4.30. The van der Waals surface area contributed by atoms with E-state index in [1.54, 1.807) is 0 Å². The van der Waals surface area contributed by atoms with Crippen molar-refractivity contribution in [3.63, 3.8) is 0 Å². The molecule has 0 radical (unpaired) electrons. The maximum absolute atomic E-state index is 11.6. The number of hydrogen-bond donors (Lipinski definition) is 0. The summed E-state index contributed by atoms with van der Waals surface area (Å²) in [5.74, 6) is -0.250. The number of esters is 1. The second kappa shape index (κ2) is 4.66. The van der Waals surface area contributed by atoms with Crippen molar-refractivity contribution in [2.24, 2.45) is 0 Å². The number of carbonyl (C=O) groups excluding carboxylic acids is 1. The summed E-state index contributed by atoms with van der Waals surface area (Å²) in [6, 6.07) is 8.34. The average molecular weight is 219 g/mol. The summed E-state index contributed by atoms with van der Waals surface area (Å²) in [4.78, 5) is 13.9. The van der Waals surface area contributed by atoms with Crippen LogP contribution < -0.4 is 0 Å². The third-order valence-corrected chi connectivity index (χ3v) is 3.01. The van der Waals surface area contributed by atoms with Crippen molar-refractivity contribution < 1.29 is 9.53 Å². The van der Waals surface area contributed by atoms with Gasteiger partial charge in [0.2, 0.25) is 0 Å². The fourth-order valence-electron chi connectivity index (χ4n) is 1.88. The summed E-state index contributed by atoms with van der Waals surface area (Å²) >= 11 is 0. The van der Waals surface area contributed by atoms with Gasteiger partial charge in [0.25, 0.3) is 0 Å². The highest BCUT2D eigenvalue weighted by Gasteiger charge is 2.26. The first-order valence-corrected chi connectivity index (χ1v) is 5.59. The molecule has 0 bridgehead atoms. The number of carbonyl (C=O) groups is 1. The van der Waals surface area contributed by atoms with Crippen LogP contribution in [0.3, 0.4) is 0 Å². The quantitative estimate of drug-likeness (QED) is 0.726. The zero-order valence-corrected chi connectivity index (χ0v) is 9.77. The van der Waals surface area contributed by atoms with Crippen molar-refractivity contribution in [2.75, 3.05) is 14.2 Å². The van der Waals surface area contributed by atoms with Gasteiger partial charge in [-0.2, -0.15) is 0 Å². The van der Waals surface area contributed by atoms with Gasteiger partial charge in [0, 0.05) is 12.6 Å². The summed E-state index contributed by atoms with van der Waals surface area (Å²) in [6.45, 7) is 0.815. The smallest absolute Gasteiger partial charge is 0.338 e. The first-order valence-electron chi connectivity index (χ1n) is 5.59. The number of methoxy groups -OCH3 is 1. The average Bonchev–Trinajstić information content (AvgIpc) is 3.12. The van der Waals surface area contributed by atoms with Crippen LogP contribution in [0.15, 0.2) is 24.3 Å². The van der Waals surface area contributed by atoms with Crippen molar-refractivity contribution in [2.45, 2.75) is 25.4 Å². The second-order valence-electron chi connectivity index (χ2n) is 4.30. The molecular formula is C13H17NO2. The fraction of sp³-hybridized carbons (Fsp3) is 0.462. The summed E-state index contributed by atoms with van der Waals surface area (Å²) in [7, 11) is 3.52. The van der Waals surface area contributed by atoms with Crippen molar-refractivity contribution in [3.8, 4) is 0 Å². The van der Waals surface area contributed by atoms with Gasteiger partial charge < -0.3 is 4.74 Å². The number of benzene rings is 1. The van der Waals surface area contributed by atoms with Crippen LogP contribution in [0.2, 0.25) is 0 Å². The summed E-state index contributed by atoms with van der Waals surface area (Å²) < 4.78 is 4.78. The molecule has 0 amide bonds. The zero-order valence-electron chi connectivity index (χ0n) is 9.77. The molecule has 1 fully saturated rings. The van der Waals surface area contributed by atoms with Gasteiger partial charge in [-0.3, -0.25) is 4.90 Å². The number of ether oxygens (including phenoxy) is 1. The molecule has 1 aliphatic rings. The highest BCUT2D eigenvalue weighted by molar-refractivity contribution is 5.90. The third-order valence-electron chi connectivity index (χ3n) is 3.01. The van der Waals surface area contributed by atoms with Gasteiger partial charge in [-0.05, 0) is 31.5 Å². The highest BCUT2D eigenvalue weighted by atomic mass is 16.5. The van der Waals surface area contributed by atoms with Crippen LogP contribution in [0.25, 0.3) is 0 Å². The Morgan fingerprint density at radius 1 is 1.44 bits per heavy atom. The summed E-state index contributed by atoms with van der Waals surface area (Å²) in [6.07, 6.45) is 2.55. The zero-order chi connectivity index (χ0) is 11.5. The molecule has 1 aromatic rings. The molecule has 0 heterocycles. The number of rotatable bonds is 4. The van der Waals surface area contributed by atoms with Gasteiger partial charge in [0.05, 0.1) is 12.7 Å². The van der Waals surface area contributed by atoms with E-state index in [1.807, 2.05) is 24.3 Å². The lowest BCUT2D eigenvalue weighted by atomic mass is 10.1. The Hall–Kier alpha value is -1.35. The van der Waals surface area contributed by atoms with Gasteiger partial charge in [0.1, 0.15) is 0 Å². The Morgan fingerprint density at radius 2 is 2.12 bits per heavy atom. The lowest BCUT2D eigenvalue weighted by molar-refractivity contribution is 0.0598. The largest absolute Gasteiger partial charge is 0.465 e. The number of nitrogens with zero attached hydrogens (tertiary/aromatic N) is 1. The van der Waals surface area contributed by atoms with Gasteiger partial charge in [-0.15, -0.1) is 0 Å². The predicted molar refractivity (Wildman–Crippen MR) is 62.3 cm³/mol. The van der Waals surface area contributed by atoms with Crippen LogP contribution in [0, 0.1) is 0 Å². The molecule has 3 nitrogen and oxygen atoms in total. The Balaban J connectivity index is 2.15. The molecular weight excluding hydrogens is 202 g/mol. The Kier molecular flexibility index (Phi) is 3.25. The molecule has 2 rings (SSSR count). The van der Waals surface area contributed by atoms with Crippen LogP contribution >= 0.6 is 0 Å². The fourth-order valence-corrected chi connectivity index (χ4v) is 1.88. The lowest BCUT2D eigenvalue weighted by Gasteiger charge is -2.17. The van der Waals surface area contributed by atoms with E-state index in [-0.39, 0.29) is 5.97 Å². The molecule has 0 unspecified atom stereocenters. The molecule has 0 spiro atoms. The molecule has 1 aromatic carbocycles. The van der Waals surface area contributed by atoms with Crippen LogP contribution in [0.4, 0.5) is 0 Å². The van der Waals surface area contributed by atoms with E-state index in [1.165, 1.54) is 20.0 Å². The van der Waals surface area contributed by atoms with Crippen LogP contribution in [-0.2, 0) is 11.3 Å². The van der Waals surface area contributed by atoms with Crippen molar-refractivity contribution in [1.82, 2.24) is 4.90 Å². The standard InChI is InChI=1S/C13H17NO2/c1-14(11-7-8-11)9-10-5-3-4-6-12(10)13(15)16-2/h3-6,11H,7-9H2,1-2H3. The minimum absolute atomic E-state index is 0.250. The molecule has 1 saturated carbocycles. The van der Waals surface area contributed by atoms with E-state index in [2.05, 4.69) is 11.9 Å². The molecule has 0 aromatic heterocycles. The Bertz CT molecular complexity index is 385. The molecule has 1 aliphatic carbocycles. The SMILES string of the molecule is COC(=O)c1ccccc1CN(C)C1CC1. The molecule has 0 N–H and O–H groups in total. The number of hydrogen-bond acceptors (Lipinski definition) is 3. The first kappa shape index (κ1) is 11.1. The monoisotopic (exact) mass is 219 g/mol. The summed E-state index contributed by atoms with van der Waals surface area (Å²) in [5.41, 5.74) is 1.72. The Labute approximate surface area is 96.0 Å². The Morgan fingerprint density at radius 3 is 2.75 bits per heavy atom.